The number of aliphatic hydroxyl groups is 1. The first-order valence-corrected chi connectivity index (χ1v) is 7.73. The summed E-state index contributed by atoms with van der Waals surface area (Å²) in [4.78, 5) is 34.0. The fourth-order valence-corrected chi connectivity index (χ4v) is 2.38. The van der Waals surface area contributed by atoms with Gasteiger partial charge in [0.05, 0.1) is 20.2 Å². The molecule has 1 fully saturated rings. The molecule has 0 aliphatic carbocycles. The summed E-state index contributed by atoms with van der Waals surface area (Å²) < 4.78 is 21.9. The maximum atomic E-state index is 11.7. The zero-order chi connectivity index (χ0) is 15.8. The summed E-state index contributed by atoms with van der Waals surface area (Å²) >= 11 is 0. The summed E-state index contributed by atoms with van der Waals surface area (Å²) in [6, 6.07) is 0. The average Bonchev–Trinajstić information content (AvgIpc) is 2.72. The fraction of sp³-hybridized carbons (Fsp3) is 0.600. The van der Waals surface area contributed by atoms with Crippen LogP contribution in [0.4, 0.5) is 0 Å². The minimum atomic E-state index is -4.17. The predicted molar refractivity (Wildman–Crippen MR) is 72.1 cm³/mol. The van der Waals surface area contributed by atoms with Crippen LogP contribution in [0.25, 0.3) is 0 Å². The summed E-state index contributed by atoms with van der Waals surface area (Å²) in [5.74, 6) is 0. The minimum absolute atomic E-state index is 0.0692. The molecule has 9 nitrogen and oxygen atoms in total. The van der Waals surface area contributed by atoms with Crippen LogP contribution >= 0.6 is 7.47 Å². The molecule has 3 N–H and O–H groups in total. The fourth-order valence-electron chi connectivity index (χ4n) is 2.02. The molecule has 1 saturated heterocycles. The Morgan fingerprint density at radius 2 is 2.29 bits per heavy atom. The topological polar surface area (TPSA) is 131 Å². The molecule has 1 aliphatic heterocycles. The zero-order valence-electron chi connectivity index (χ0n) is 11.1. The maximum Gasteiger partial charge on any atom is 0.330 e. The molecule has 2 rings (SSSR count). The van der Waals surface area contributed by atoms with Gasteiger partial charge >= 0.3 is 5.69 Å². The zero-order valence-corrected chi connectivity index (χ0v) is 12.0. The number of ether oxygens (including phenoxy) is 1. The van der Waals surface area contributed by atoms with Gasteiger partial charge in [0.25, 0.3) is 5.56 Å². The molecule has 3 radical (unpaired) electrons. The van der Waals surface area contributed by atoms with Crippen LogP contribution in [0.2, 0.25) is 0 Å². The molecule has 11 heteroatoms. The van der Waals surface area contributed by atoms with Gasteiger partial charge in [0, 0.05) is 18.2 Å². The van der Waals surface area contributed by atoms with Crippen molar-refractivity contribution in [3.8, 4) is 0 Å². The van der Waals surface area contributed by atoms with Crippen molar-refractivity contribution in [2.75, 3.05) is 6.61 Å². The normalized spacial score (nSPS) is 28.5. The van der Waals surface area contributed by atoms with E-state index in [1.54, 1.807) is 0 Å². The van der Waals surface area contributed by atoms with E-state index in [2.05, 4.69) is 9.51 Å². The van der Waals surface area contributed by atoms with Gasteiger partial charge in [-0.05, 0) is 6.92 Å². The van der Waals surface area contributed by atoms with E-state index < -0.39 is 37.2 Å². The molecule has 0 amide bonds. The van der Waals surface area contributed by atoms with Crippen LogP contribution in [-0.4, -0.2) is 45.9 Å². The smallest absolute Gasteiger partial charge is 0.330 e. The van der Waals surface area contributed by atoms with Crippen molar-refractivity contribution in [2.45, 2.75) is 31.8 Å². The summed E-state index contributed by atoms with van der Waals surface area (Å²) in [5.41, 5.74) is -0.857. The highest BCUT2D eigenvalue weighted by atomic mass is 31.2. The van der Waals surface area contributed by atoms with Crippen LogP contribution < -0.4 is 11.2 Å². The third-order valence-corrected chi connectivity index (χ3v) is 3.60. The van der Waals surface area contributed by atoms with Crippen molar-refractivity contribution in [3.05, 3.63) is 32.6 Å². The van der Waals surface area contributed by atoms with Crippen molar-refractivity contribution < 1.29 is 23.8 Å². The standard InChI is InChI=1S/C10H14BN2O7P/c1-5-3-13(10(16)12-9(5)15)8-2-6(14)7(20-8)4-19-21(11,17)18/h3,6-8,14H,2,4H2,1H3,(H,17,18)(H,12,15,16)/q-1/t6-,7+,8+/m0/s1. The molecular weight excluding hydrogens is 302 g/mol. The van der Waals surface area contributed by atoms with Gasteiger partial charge in [0.2, 0.25) is 0 Å². The van der Waals surface area contributed by atoms with Crippen molar-refractivity contribution >= 4 is 15.0 Å². The molecule has 115 valence electrons. The van der Waals surface area contributed by atoms with Gasteiger partial charge < -0.3 is 31.4 Å². The number of aliphatic hydroxyl groups excluding tert-OH is 1. The number of nitrogens with one attached hydrogen (secondary N) is 1. The molecule has 0 spiro atoms. The van der Waals surface area contributed by atoms with Crippen LogP contribution in [0.1, 0.15) is 18.2 Å². The minimum Gasteiger partial charge on any atom is -0.444 e. The van der Waals surface area contributed by atoms with E-state index in [1.165, 1.54) is 13.1 Å². The van der Waals surface area contributed by atoms with Crippen molar-refractivity contribution in [3.63, 3.8) is 0 Å². The maximum absolute atomic E-state index is 11.7. The molecule has 0 aromatic carbocycles. The number of hydrogen-bond acceptors (Lipinski definition) is 6. The number of aryl methyl sites for hydroxylation is 1. The first-order valence-electron chi connectivity index (χ1n) is 6.09. The van der Waals surface area contributed by atoms with Crippen LogP contribution in [0, 0.1) is 6.92 Å². The van der Waals surface area contributed by atoms with E-state index in [4.69, 9.17) is 17.2 Å². The summed E-state index contributed by atoms with van der Waals surface area (Å²) in [6.07, 6.45) is -1.33. The van der Waals surface area contributed by atoms with Gasteiger partial charge in [0.1, 0.15) is 12.3 Å². The lowest BCUT2D eigenvalue weighted by Gasteiger charge is -2.23. The van der Waals surface area contributed by atoms with Crippen molar-refractivity contribution in [1.29, 1.82) is 0 Å². The molecule has 4 atom stereocenters. The summed E-state index contributed by atoms with van der Waals surface area (Å²) in [7, 11) is 0.655. The quantitative estimate of drug-likeness (QED) is 0.468. The van der Waals surface area contributed by atoms with Crippen molar-refractivity contribution in [2.24, 2.45) is 0 Å². The monoisotopic (exact) mass is 316 g/mol. The second-order valence-corrected chi connectivity index (χ2v) is 6.16. The molecule has 21 heavy (non-hydrogen) atoms. The van der Waals surface area contributed by atoms with Crippen LogP contribution in [0.3, 0.4) is 0 Å². The summed E-state index contributed by atoms with van der Waals surface area (Å²) in [6.45, 7) is 1.14. The molecular formula is C10H14BN2O7P-. The second-order valence-electron chi connectivity index (χ2n) is 4.77. The SMILES string of the molecule is [B-]P(=O)(O)OC[C@H]1O[C@@H](n2cc(C)c(=O)[nH]c2=O)C[C@@H]1O. The highest BCUT2D eigenvalue weighted by molar-refractivity contribution is 7.78. The van der Waals surface area contributed by atoms with Crippen LogP contribution in [-0.2, 0) is 13.8 Å². The Bertz CT molecular complexity index is 681. The van der Waals surface area contributed by atoms with Gasteiger partial charge in [-0.2, -0.15) is 0 Å². The molecule has 1 unspecified atom stereocenters. The number of hydrogen-bond donors (Lipinski definition) is 3. The van der Waals surface area contributed by atoms with Crippen LogP contribution in [0.5, 0.6) is 0 Å². The van der Waals surface area contributed by atoms with E-state index in [9.17, 15) is 19.3 Å². The predicted octanol–water partition coefficient (Wildman–Crippen LogP) is -1.22. The van der Waals surface area contributed by atoms with Gasteiger partial charge in [0.15, 0.2) is 0 Å². The van der Waals surface area contributed by atoms with E-state index in [0.29, 0.717) is 5.56 Å². The highest BCUT2D eigenvalue weighted by Crippen LogP contribution is 2.37. The Morgan fingerprint density at radius 1 is 1.62 bits per heavy atom. The molecule has 2 heterocycles. The first-order chi connectivity index (χ1) is 9.67. The number of H-pyrrole nitrogens is 1. The Morgan fingerprint density at radius 3 is 2.90 bits per heavy atom. The van der Waals surface area contributed by atoms with Gasteiger partial charge in [-0.25, -0.2) is 4.79 Å². The van der Waals surface area contributed by atoms with E-state index in [1.807, 2.05) is 0 Å². The largest absolute Gasteiger partial charge is 0.444 e. The van der Waals surface area contributed by atoms with Crippen molar-refractivity contribution in [1.82, 2.24) is 9.55 Å². The molecule has 1 aromatic rings. The number of rotatable bonds is 4. The number of aromatic nitrogens is 2. The number of aromatic amines is 1. The molecule has 1 aliphatic rings. The van der Waals surface area contributed by atoms with Crippen LogP contribution in [0.15, 0.2) is 15.8 Å². The molecule has 0 saturated carbocycles. The number of nitrogens with zero attached hydrogens (tertiary/aromatic N) is 1. The highest BCUT2D eigenvalue weighted by Gasteiger charge is 2.36. The average molecular weight is 316 g/mol. The first kappa shape index (κ1) is 16.2. The van der Waals surface area contributed by atoms with E-state index in [0.717, 1.165) is 4.57 Å². The third-order valence-electron chi connectivity index (χ3n) is 3.08. The van der Waals surface area contributed by atoms with E-state index in [-0.39, 0.29) is 13.0 Å². The Balaban J connectivity index is 2.14. The molecule has 0 bridgehead atoms. The molecule has 1 aromatic heterocycles. The Hall–Kier alpha value is -1.19. The van der Waals surface area contributed by atoms with Gasteiger partial charge in [-0.3, -0.25) is 14.3 Å². The third kappa shape index (κ3) is 3.93. The lowest BCUT2D eigenvalue weighted by Crippen LogP contribution is -2.33. The second kappa shape index (κ2) is 5.90. The van der Waals surface area contributed by atoms with Gasteiger partial charge in [-0.1, -0.05) is 0 Å². The Labute approximate surface area is 120 Å². The van der Waals surface area contributed by atoms with E-state index >= 15 is 0 Å². The summed E-state index contributed by atoms with van der Waals surface area (Å²) in [5, 5.41) is 9.83. The Kier molecular flexibility index (Phi) is 4.55. The lowest BCUT2D eigenvalue weighted by molar-refractivity contribution is -0.0417. The lowest BCUT2D eigenvalue weighted by atomic mass is 10.2. The van der Waals surface area contributed by atoms with Gasteiger partial charge in [-0.15, -0.1) is 0 Å².